The van der Waals surface area contributed by atoms with Crippen LogP contribution in [0.2, 0.25) is 0 Å². The second-order valence-electron chi connectivity index (χ2n) is 6.97. The topological polar surface area (TPSA) is 70.2 Å². The molecule has 0 aliphatic rings. The largest absolute Gasteiger partial charge is 0.358 e. The monoisotopic (exact) mass is 384 g/mol. The van der Waals surface area contributed by atoms with Gasteiger partial charge in [-0.3, -0.25) is 4.79 Å². The Kier molecular flexibility index (Phi) is 5.11. The van der Waals surface area contributed by atoms with E-state index in [4.69, 9.17) is 0 Å². The first-order valence-electron chi connectivity index (χ1n) is 8.80. The van der Waals surface area contributed by atoms with Crippen LogP contribution in [0.25, 0.3) is 10.9 Å². The van der Waals surface area contributed by atoms with Crippen molar-refractivity contribution in [2.24, 2.45) is 0 Å². The molecule has 0 radical (unpaired) electrons. The minimum atomic E-state index is -3.23. The van der Waals surface area contributed by atoms with Gasteiger partial charge in [-0.05, 0) is 43.2 Å². The number of carbonyl (C=O) groups is 1. The number of nitrogens with zero attached hydrogens (tertiary/aromatic N) is 1. The van der Waals surface area contributed by atoms with E-state index in [2.05, 4.69) is 4.98 Å². The molecule has 0 saturated heterocycles. The highest BCUT2D eigenvalue weighted by Gasteiger charge is 2.20. The Labute approximate surface area is 159 Å². The summed E-state index contributed by atoms with van der Waals surface area (Å²) >= 11 is 0. The first kappa shape index (κ1) is 19.2. The van der Waals surface area contributed by atoms with Crippen molar-refractivity contribution in [2.75, 3.05) is 13.3 Å². The van der Waals surface area contributed by atoms with Gasteiger partial charge in [0.05, 0.1) is 17.4 Å². The highest BCUT2D eigenvalue weighted by Crippen LogP contribution is 2.25. The molecule has 1 N–H and O–H groups in total. The Morgan fingerprint density at radius 1 is 1.11 bits per heavy atom. The van der Waals surface area contributed by atoms with Crippen LogP contribution in [0, 0.1) is 6.92 Å². The van der Waals surface area contributed by atoms with E-state index in [1.165, 1.54) is 6.26 Å². The molecular weight excluding hydrogens is 360 g/mol. The number of rotatable bonds is 5. The smallest absolute Gasteiger partial charge is 0.227 e. The maximum atomic E-state index is 12.9. The number of para-hydroxylation sites is 1. The predicted octanol–water partition coefficient (Wildman–Crippen LogP) is 3.64. The summed E-state index contributed by atoms with van der Waals surface area (Å²) in [6, 6.07) is 14.5. The number of hydrogen-bond donors (Lipinski definition) is 1. The number of benzene rings is 2. The Morgan fingerprint density at radius 2 is 1.74 bits per heavy atom. The highest BCUT2D eigenvalue weighted by molar-refractivity contribution is 7.90. The summed E-state index contributed by atoms with van der Waals surface area (Å²) < 4.78 is 23.2. The summed E-state index contributed by atoms with van der Waals surface area (Å²) in [5, 5.41) is 1.07. The molecule has 0 aliphatic carbocycles. The summed E-state index contributed by atoms with van der Waals surface area (Å²) in [6.45, 7) is 3.92. The lowest BCUT2D eigenvalue weighted by atomic mass is 10.0. The number of likely N-dealkylation sites (N-methyl/N-ethyl adjacent to an activating group) is 1. The standard InChI is InChI=1S/C21H24N2O3S/c1-14-19(18-7-5-6-8-20(18)22-14)13-21(24)23(3)15(2)16-9-11-17(12-10-16)27(4,25)26/h5-12,15,22H,13H2,1-4H3. The van der Waals surface area contributed by atoms with Crippen LogP contribution >= 0.6 is 0 Å². The predicted molar refractivity (Wildman–Crippen MR) is 107 cm³/mol. The maximum Gasteiger partial charge on any atom is 0.227 e. The Bertz CT molecular complexity index is 1080. The van der Waals surface area contributed by atoms with Crippen LogP contribution in [0.5, 0.6) is 0 Å². The molecule has 1 amide bonds. The van der Waals surface area contributed by atoms with Gasteiger partial charge in [-0.2, -0.15) is 0 Å². The van der Waals surface area contributed by atoms with Crippen molar-refractivity contribution in [3.63, 3.8) is 0 Å². The Morgan fingerprint density at radius 3 is 2.37 bits per heavy atom. The molecule has 0 aliphatic heterocycles. The minimum absolute atomic E-state index is 0.0162. The summed E-state index contributed by atoms with van der Waals surface area (Å²) in [7, 11) is -1.45. The zero-order valence-electron chi connectivity index (χ0n) is 16.0. The lowest BCUT2D eigenvalue weighted by Crippen LogP contribution is -2.31. The van der Waals surface area contributed by atoms with Gasteiger partial charge in [0.25, 0.3) is 0 Å². The molecular formula is C21H24N2O3S. The third-order valence-corrected chi connectivity index (χ3v) is 6.25. The maximum absolute atomic E-state index is 12.9. The molecule has 2 aromatic carbocycles. The van der Waals surface area contributed by atoms with Gasteiger partial charge < -0.3 is 9.88 Å². The molecule has 5 nitrogen and oxygen atoms in total. The van der Waals surface area contributed by atoms with Crippen LogP contribution in [0.1, 0.15) is 29.8 Å². The van der Waals surface area contributed by atoms with Crippen LogP contribution in [-0.4, -0.2) is 37.5 Å². The van der Waals surface area contributed by atoms with Gasteiger partial charge in [0, 0.05) is 29.9 Å². The molecule has 3 aromatic rings. The number of amides is 1. The van der Waals surface area contributed by atoms with Crippen LogP contribution in [-0.2, 0) is 21.1 Å². The number of sulfone groups is 1. The van der Waals surface area contributed by atoms with Gasteiger partial charge in [0.15, 0.2) is 9.84 Å². The molecule has 27 heavy (non-hydrogen) atoms. The first-order chi connectivity index (χ1) is 12.7. The van der Waals surface area contributed by atoms with E-state index in [0.29, 0.717) is 6.42 Å². The Hall–Kier alpha value is -2.60. The SMILES string of the molecule is Cc1[nH]c2ccccc2c1CC(=O)N(C)C(C)c1ccc(S(C)(=O)=O)cc1. The van der Waals surface area contributed by atoms with Crippen LogP contribution in [0.4, 0.5) is 0 Å². The molecule has 6 heteroatoms. The third-order valence-electron chi connectivity index (χ3n) is 5.12. The second kappa shape index (κ2) is 7.19. The van der Waals surface area contributed by atoms with E-state index in [1.54, 1.807) is 36.2 Å². The summed E-state index contributed by atoms with van der Waals surface area (Å²) in [4.78, 5) is 18.2. The van der Waals surface area contributed by atoms with Gasteiger partial charge in [-0.15, -0.1) is 0 Å². The number of aromatic amines is 1. The fraction of sp³-hybridized carbons (Fsp3) is 0.286. The van der Waals surface area contributed by atoms with E-state index >= 15 is 0 Å². The highest BCUT2D eigenvalue weighted by atomic mass is 32.2. The van der Waals surface area contributed by atoms with Crippen LogP contribution in [0.3, 0.4) is 0 Å². The number of fused-ring (bicyclic) bond motifs is 1. The van der Waals surface area contributed by atoms with Crippen molar-refractivity contribution >= 4 is 26.6 Å². The van der Waals surface area contributed by atoms with Crippen molar-refractivity contribution in [2.45, 2.75) is 31.2 Å². The average Bonchev–Trinajstić information content (AvgIpc) is 2.95. The minimum Gasteiger partial charge on any atom is -0.358 e. The zero-order chi connectivity index (χ0) is 19.8. The van der Waals surface area contributed by atoms with Crippen LogP contribution in [0.15, 0.2) is 53.4 Å². The summed E-state index contributed by atoms with van der Waals surface area (Å²) in [5.41, 5.74) is 3.95. The zero-order valence-corrected chi connectivity index (χ0v) is 16.8. The fourth-order valence-electron chi connectivity index (χ4n) is 3.27. The average molecular weight is 385 g/mol. The third kappa shape index (κ3) is 3.90. The molecule has 3 rings (SSSR count). The van der Waals surface area contributed by atoms with Gasteiger partial charge >= 0.3 is 0 Å². The first-order valence-corrected chi connectivity index (χ1v) is 10.7. The van der Waals surface area contributed by atoms with Gasteiger partial charge in [0.2, 0.25) is 5.91 Å². The molecule has 1 unspecified atom stereocenters. The van der Waals surface area contributed by atoms with Crippen molar-refractivity contribution in [3.8, 4) is 0 Å². The number of carbonyl (C=O) groups excluding carboxylic acids is 1. The van der Waals surface area contributed by atoms with Gasteiger partial charge in [-0.25, -0.2) is 8.42 Å². The van der Waals surface area contributed by atoms with Gasteiger partial charge in [0.1, 0.15) is 0 Å². The molecule has 0 fully saturated rings. The lowest BCUT2D eigenvalue weighted by Gasteiger charge is -2.25. The Balaban J connectivity index is 1.79. The van der Waals surface area contributed by atoms with Crippen molar-refractivity contribution in [1.29, 1.82) is 0 Å². The number of aromatic nitrogens is 1. The van der Waals surface area contributed by atoms with Crippen LogP contribution < -0.4 is 0 Å². The molecule has 0 bridgehead atoms. The van der Waals surface area contributed by atoms with Crippen molar-refractivity contribution in [1.82, 2.24) is 9.88 Å². The second-order valence-corrected chi connectivity index (χ2v) is 8.99. The molecule has 1 heterocycles. The van der Waals surface area contributed by atoms with Crippen molar-refractivity contribution in [3.05, 3.63) is 65.4 Å². The molecule has 1 aromatic heterocycles. The number of H-pyrrole nitrogens is 1. The lowest BCUT2D eigenvalue weighted by molar-refractivity contribution is -0.131. The molecule has 0 spiro atoms. The number of aryl methyl sites for hydroxylation is 1. The van der Waals surface area contributed by atoms with E-state index in [9.17, 15) is 13.2 Å². The molecule has 0 saturated carbocycles. The van der Waals surface area contributed by atoms with E-state index < -0.39 is 9.84 Å². The van der Waals surface area contributed by atoms with E-state index in [1.807, 2.05) is 38.1 Å². The number of nitrogens with one attached hydrogen (secondary N) is 1. The number of hydrogen-bond acceptors (Lipinski definition) is 3. The van der Waals surface area contributed by atoms with Gasteiger partial charge in [-0.1, -0.05) is 30.3 Å². The van der Waals surface area contributed by atoms with E-state index in [-0.39, 0.29) is 16.8 Å². The fourth-order valence-corrected chi connectivity index (χ4v) is 3.90. The summed E-state index contributed by atoms with van der Waals surface area (Å²) in [5.74, 6) is 0.0162. The normalized spacial score (nSPS) is 12.9. The molecule has 1 atom stereocenters. The summed E-state index contributed by atoms with van der Waals surface area (Å²) in [6.07, 6.45) is 1.50. The molecule has 142 valence electrons. The van der Waals surface area contributed by atoms with E-state index in [0.717, 1.165) is 27.7 Å². The quantitative estimate of drug-likeness (QED) is 0.730. The van der Waals surface area contributed by atoms with Crippen molar-refractivity contribution < 1.29 is 13.2 Å².